The van der Waals surface area contributed by atoms with Gasteiger partial charge in [0, 0.05) is 4.47 Å². The molecule has 122 valence electrons. The number of carboxylic acid groups (broad SMARTS) is 1. The molecular formula is C16H16BrNO3S2. The Balaban J connectivity index is 2.24. The lowest BCUT2D eigenvalue weighted by atomic mass is 10.1. The summed E-state index contributed by atoms with van der Waals surface area (Å²) in [6.07, 6.45) is 3.75. The molecule has 7 heteroatoms. The summed E-state index contributed by atoms with van der Waals surface area (Å²) in [6.45, 7) is 1.98. The second-order valence-corrected chi connectivity index (χ2v) is 7.69. The van der Waals surface area contributed by atoms with Crippen LogP contribution in [-0.4, -0.2) is 32.2 Å². The van der Waals surface area contributed by atoms with Crippen molar-refractivity contribution in [3.8, 4) is 0 Å². The highest BCUT2D eigenvalue weighted by Gasteiger charge is 2.40. The van der Waals surface area contributed by atoms with E-state index in [2.05, 4.69) is 15.9 Å². The molecule has 4 nitrogen and oxygen atoms in total. The van der Waals surface area contributed by atoms with Crippen molar-refractivity contribution in [1.82, 2.24) is 4.90 Å². The molecule has 0 aromatic heterocycles. The summed E-state index contributed by atoms with van der Waals surface area (Å²) in [5, 5.41) is 9.41. The van der Waals surface area contributed by atoms with Crippen molar-refractivity contribution < 1.29 is 14.7 Å². The van der Waals surface area contributed by atoms with E-state index in [9.17, 15) is 14.7 Å². The van der Waals surface area contributed by atoms with E-state index in [1.54, 1.807) is 6.08 Å². The Kier molecular flexibility index (Phi) is 6.38. The van der Waals surface area contributed by atoms with E-state index >= 15 is 0 Å². The fraction of sp³-hybridized carbons (Fsp3) is 0.312. The number of carboxylic acids is 1. The molecule has 2 rings (SSSR count). The number of amides is 1. The predicted molar refractivity (Wildman–Crippen MR) is 100 cm³/mol. The van der Waals surface area contributed by atoms with Crippen molar-refractivity contribution in [2.75, 3.05) is 0 Å². The van der Waals surface area contributed by atoms with Gasteiger partial charge in [-0.2, -0.15) is 0 Å². The van der Waals surface area contributed by atoms with Crippen LogP contribution in [0.3, 0.4) is 0 Å². The van der Waals surface area contributed by atoms with Crippen molar-refractivity contribution in [3.63, 3.8) is 0 Å². The minimum absolute atomic E-state index is 0.307. The lowest BCUT2D eigenvalue weighted by Gasteiger charge is -2.22. The number of thiocarbonyl (C=S) groups is 1. The number of nitrogens with zero attached hydrogens (tertiary/aromatic N) is 1. The van der Waals surface area contributed by atoms with Crippen LogP contribution >= 0.6 is 39.9 Å². The average molecular weight is 414 g/mol. The smallest absolute Gasteiger partial charge is 0.326 e. The molecule has 0 saturated carbocycles. The first-order valence-corrected chi connectivity index (χ1v) is 9.21. The number of unbranched alkanes of at least 4 members (excludes halogenated alkanes) is 1. The molecular weight excluding hydrogens is 398 g/mol. The zero-order valence-electron chi connectivity index (χ0n) is 12.5. The molecule has 1 aliphatic rings. The number of hydrogen-bond donors (Lipinski definition) is 1. The first kappa shape index (κ1) is 18.2. The molecule has 1 fully saturated rings. The number of rotatable bonds is 6. The third kappa shape index (κ3) is 4.43. The lowest BCUT2D eigenvalue weighted by molar-refractivity contribution is -0.145. The SMILES string of the molecule is CCCCC(C(=O)O)N1C(=O)/C(=C/c2ccc(Br)cc2)SC1=S. The topological polar surface area (TPSA) is 57.6 Å². The van der Waals surface area contributed by atoms with Crippen LogP contribution in [0.25, 0.3) is 6.08 Å². The van der Waals surface area contributed by atoms with Crippen LogP contribution in [0, 0.1) is 0 Å². The highest BCUT2D eigenvalue weighted by Crippen LogP contribution is 2.35. The quantitative estimate of drug-likeness (QED) is 0.556. The van der Waals surface area contributed by atoms with Crippen molar-refractivity contribution in [2.45, 2.75) is 32.2 Å². The fourth-order valence-corrected chi connectivity index (χ4v) is 3.84. The van der Waals surface area contributed by atoms with Crippen molar-refractivity contribution in [3.05, 3.63) is 39.2 Å². The van der Waals surface area contributed by atoms with E-state index < -0.39 is 12.0 Å². The van der Waals surface area contributed by atoms with Crippen LogP contribution in [0.2, 0.25) is 0 Å². The number of aliphatic carboxylic acids is 1. The maximum atomic E-state index is 12.6. The van der Waals surface area contributed by atoms with Crippen LogP contribution in [-0.2, 0) is 9.59 Å². The van der Waals surface area contributed by atoms with Gasteiger partial charge in [0.25, 0.3) is 5.91 Å². The summed E-state index contributed by atoms with van der Waals surface area (Å²) in [5.41, 5.74) is 0.870. The summed E-state index contributed by atoms with van der Waals surface area (Å²) in [5.74, 6) is -1.34. The zero-order chi connectivity index (χ0) is 17.0. The van der Waals surface area contributed by atoms with Gasteiger partial charge in [0.15, 0.2) is 0 Å². The molecule has 1 aromatic rings. The highest BCUT2D eigenvalue weighted by molar-refractivity contribution is 9.10. The number of halogens is 1. The molecule has 0 radical (unpaired) electrons. The molecule has 23 heavy (non-hydrogen) atoms. The van der Waals surface area contributed by atoms with Gasteiger partial charge in [-0.05, 0) is 30.2 Å². The van der Waals surface area contributed by atoms with Gasteiger partial charge in [-0.25, -0.2) is 4.79 Å². The number of benzene rings is 1. The van der Waals surface area contributed by atoms with Gasteiger partial charge >= 0.3 is 5.97 Å². The van der Waals surface area contributed by atoms with Gasteiger partial charge in [-0.1, -0.05) is 71.8 Å². The van der Waals surface area contributed by atoms with Crippen LogP contribution < -0.4 is 0 Å². The molecule has 1 N–H and O–H groups in total. The Labute approximate surface area is 153 Å². The number of hydrogen-bond acceptors (Lipinski definition) is 4. The Bertz CT molecular complexity index is 658. The van der Waals surface area contributed by atoms with E-state index in [-0.39, 0.29) is 5.91 Å². The first-order chi connectivity index (χ1) is 10.9. The van der Waals surface area contributed by atoms with Crippen molar-refractivity contribution >= 4 is 62.2 Å². The first-order valence-electron chi connectivity index (χ1n) is 7.19. The highest BCUT2D eigenvalue weighted by atomic mass is 79.9. The summed E-state index contributed by atoms with van der Waals surface area (Å²) in [4.78, 5) is 25.8. The molecule has 1 amide bonds. The molecule has 1 unspecified atom stereocenters. The number of carbonyl (C=O) groups is 2. The van der Waals surface area contributed by atoms with E-state index in [0.717, 1.165) is 34.6 Å². The Hall–Kier alpha value is -1.18. The maximum absolute atomic E-state index is 12.6. The molecule has 0 aliphatic carbocycles. The second-order valence-electron chi connectivity index (χ2n) is 5.10. The Morgan fingerprint density at radius 1 is 1.43 bits per heavy atom. The summed E-state index contributed by atoms with van der Waals surface area (Å²) < 4.78 is 1.26. The van der Waals surface area contributed by atoms with Crippen LogP contribution in [0.1, 0.15) is 31.7 Å². The normalized spacial score (nSPS) is 17.8. The molecule has 0 bridgehead atoms. The zero-order valence-corrected chi connectivity index (χ0v) is 15.7. The molecule has 0 spiro atoms. The molecule has 1 saturated heterocycles. The minimum atomic E-state index is -1.01. The Morgan fingerprint density at radius 3 is 2.65 bits per heavy atom. The molecule has 1 heterocycles. The van der Waals surface area contributed by atoms with E-state index in [0.29, 0.717) is 15.6 Å². The Morgan fingerprint density at radius 2 is 2.09 bits per heavy atom. The number of carbonyl (C=O) groups excluding carboxylic acids is 1. The van der Waals surface area contributed by atoms with Crippen LogP contribution in [0.4, 0.5) is 0 Å². The van der Waals surface area contributed by atoms with Crippen LogP contribution in [0.5, 0.6) is 0 Å². The molecule has 1 atom stereocenters. The third-order valence-electron chi connectivity index (χ3n) is 3.42. The van der Waals surface area contributed by atoms with Gasteiger partial charge in [-0.15, -0.1) is 0 Å². The van der Waals surface area contributed by atoms with E-state index in [4.69, 9.17) is 12.2 Å². The standard InChI is InChI=1S/C16H16BrNO3S2/c1-2-3-4-12(15(20)21)18-14(19)13(23-16(18)22)9-10-5-7-11(17)8-6-10/h5-9,12H,2-4H2,1H3,(H,20,21)/b13-9-. The van der Waals surface area contributed by atoms with Gasteiger partial charge in [-0.3, -0.25) is 9.69 Å². The van der Waals surface area contributed by atoms with E-state index in [1.165, 1.54) is 4.90 Å². The van der Waals surface area contributed by atoms with Gasteiger partial charge in [0.05, 0.1) is 4.91 Å². The molecule has 1 aromatic carbocycles. The molecule has 1 aliphatic heterocycles. The lowest BCUT2D eigenvalue weighted by Crippen LogP contribution is -2.43. The second kappa shape index (κ2) is 8.08. The largest absolute Gasteiger partial charge is 0.480 e. The average Bonchev–Trinajstić information content (AvgIpc) is 2.77. The summed E-state index contributed by atoms with van der Waals surface area (Å²) in [6, 6.07) is 6.63. The van der Waals surface area contributed by atoms with Crippen molar-refractivity contribution in [1.29, 1.82) is 0 Å². The minimum Gasteiger partial charge on any atom is -0.480 e. The van der Waals surface area contributed by atoms with Gasteiger partial charge in [0.2, 0.25) is 0 Å². The summed E-state index contributed by atoms with van der Waals surface area (Å²) in [7, 11) is 0. The van der Waals surface area contributed by atoms with Crippen LogP contribution in [0.15, 0.2) is 33.6 Å². The van der Waals surface area contributed by atoms with Gasteiger partial charge < -0.3 is 5.11 Å². The summed E-state index contributed by atoms with van der Waals surface area (Å²) >= 11 is 9.75. The monoisotopic (exact) mass is 413 g/mol. The van der Waals surface area contributed by atoms with E-state index in [1.807, 2.05) is 31.2 Å². The maximum Gasteiger partial charge on any atom is 0.326 e. The number of thioether (sulfide) groups is 1. The predicted octanol–water partition coefficient (Wildman–Crippen LogP) is 4.29. The third-order valence-corrected chi connectivity index (χ3v) is 5.28. The fourth-order valence-electron chi connectivity index (χ4n) is 2.22. The van der Waals surface area contributed by atoms with Gasteiger partial charge in [0.1, 0.15) is 10.4 Å². The van der Waals surface area contributed by atoms with Crippen molar-refractivity contribution in [2.24, 2.45) is 0 Å².